The monoisotopic (exact) mass is 382 g/mol. The summed E-state index contributed by atoms with van der Waals surface area (Å²) in [6.45, 7) is 2.22. The molecule has 2 atom stereocenters. The summed E-state index contributed by atoms with van der Waals surface area (Å²) in [5.74, 6) is 0.389. The van der Waals surface area contributed by atoms with Gasteiger partial charge in [-0.1, -0.05) is 0 Å². The molecule has 0 bridgehead atoms. The number of carbonyl (C=O) groups is 1. The average Bonchev–Trinajstić information content (AvgIpc) is 3.18. The molecule has 0 saturated carbocycles. The first-order chi connectivity index (χ1) is 10.5. The number of hydrogen-bond donors (Lipinski definition) is 1. The summed E-state index contributed by atoms with van der Waals surface area (Å²) in [6, 6.07) is 2.07. The van der Waals surface area contributed by atoms with Gasteiger partial charge in [0.15, 0.2) is 0 Å². The minimum absolute atomic E-state index is 0.0161. The molecule has 0 aliphatic carbocycles. The van der Waals surface area contributed by atoms with Crippen LogP contribution in [0.5, 0.6) is 0 Å². The molecular weight excluding hydrogens is 364 g/mol. The molecule has 2 aromatic heterocycles. The zero-order valence-electron chi connectivity index (χ0n) is 12.6. The second kappa shape index (κ2) is 6.52. The summed E-state index contributed by atoms with van der Waals surface area (Å²) in [4.78, 5) is 15.8. The van der Waals surface area contributed by atoms with E-state index in [1.165, 1.54) is 4.88 Å². The number of halogens is 1. The first-order valence-corrected chi connectivity index (χ1v) is 8.89. The van der Waals surface area contributed by atoms with Crippen molar-refractivity contribution in [3.8, 4) is 0 Å². The Kier molecular flexibility index (Phi) is 4.65. The maximum atomic E-state index is 12.8. The number of nitrogens with zero attached hydrogens (tertiary/aromatic N) is 3. The van der Waals surface area contributed by atoms with Crippen molar-refractivity contribution in [3.63, 3.8) is 0 Å². The molecule has 1 fully saturated rings. The molecule has 3 rings (SSSR count). The molecule has 2 aromatic rings. The van der Waals surface area contributed by atoms with Crippen molar-refractivity contribution in [1.29, 1.82) is 0 Å². The lowest BCUT2D eigenvalue weighted by molar-refractivity contribution is -0.134. The van der Waals surface area contributed by atoms with Crippen LogP contribution in [0.3, 0.4) is 0 Å². The largest absolute Gasteiger partial charge is 0.340 e. The molecule has 0 unspecified atom stereocenters. The summed E-state index contributed by atoms with van der Waals surface area (Å²) in [6.07, 6.45) is 3.88. The fraction of sp³-hybridized carbons (Fsp3) is 0.467. The molecule has 22 heavy (non-hydrogen) atoms. The van der Waals surface area contributed by atoms with Crippen LogP contribution in [-0.2, 0) is 18.4 Å². The topological polar surface area (TPSA) is 50.2 Å². The Balaban J connectivity index is 1.70. The van der Waals surface area contributed by atoms with Gasteiger partial charge in [0.2, 0.25) is 5.91 Å². The van der Waals surface area contributed by atoms with Crippen LogP contribution in [0.4, 0.5) is 0 Å². The molecule has 0 radical (unpaired) electrons. The van der Waals surface area contributed by atoms with E-state index in [1.54, 1.807) is 16.0 Å². The van der Waals surface area contributed by atoms with Crippen molar-refractivity contribution >= 4 is 33.2 Å². The Hall–Kier alpha value is -1.18. The number of hydrogen-bond acceptors (Lipinski definition) is 4. The van der Waals surface area contributed by atoms with Crippen LogP contribution in [-0.4, -0.2) is 40.7 Å². The predicted molar refractivity (Wildman–Crippen MR) is 90.8 cm³/mol. The molecule has 7 heteroatoms. The lowest BCUT2D eigenvalue weighted by Crippen LogP contribution is -2.35. The van der Waals surface area contributed by atoms with Crippen LogP contribution >= 0.6 is 27.3 Å². The van der Waals surface area contributed by atoms with Gasteiger partial charge in [0.05, 0.1) is 18.7 Å². The van der Waals surface area contributed by atoms with E-state index in [0.29, 0.717) is 6.54 Å². The van der Waals surface area contributed by atoms with Gasteiger partial charge in [0.25, 0.3) is 0 Å². The van der Waals surface area contributed by atoms with Gasteiger partial charge in [-0.3, -0.25) is 9.48 Å². The molecule has 0 aromatic carbocycles. The average molecular weight is 383 g/mol. The van der Waals surface area contributed by atoms with Gasteiger partial charge in [0.1, 0.15) is 0 Å². The maximum Gasteiger partial charge on any atom is 0.227 e. The number of carbonyl (C=O) groups excluding carboxylic acids is 1. The Morgan fingerprint density at radius 2 is 2.41 bits per heavy atom. The van der Waals surface area contributed by atoms with E-state index in [-0.39, 0.29) is 17.7 Å². The van der Waals surface area contributed by atoms with E-state index in [0.717, 1.165) is 23.1 Å². The highest BCUT2D eigenvalue weighted by Gasteiger charge is 2.36. The van der Waals surface area contributed by atoms with E-state index < -0.39 is 0 Å². The highest BCUT2D eigenvalue weighted by molar-refractivity contribution is 9.10. The molecule has 0 spiro atoms. The lowest BCUT2D eigenvalue weighted by atomic mass is 9.90. The second-order valence-corrected chi connectivity index (χ2v) is 7.66. The number of aryl methyl sites for hydroxylation is 1. The third-order valence-electron chi connectivity index (χ3n) is 4.08. The standard InChI is InChI=1S/C15H19BrN4OS/c1-19(8-12-3-11(16)9-22-12)15(21)14-6-17-5-13(14)10-4-18-20(2)7-10/h3-4,7,9,13-14,17H,5-6,8H2,1-2H3/t13-,14+/m1/s1. The van der Waals surface area contributed by atoms with Crippen molar-refractivity contribution < 1.29 is 4.79 Å². The molecule has 1 N–H and O–H groups in total. The quantitative estimate of drug-likeness (QED) is 0.881. The van der Waals surface area contributed by atoms with Gasteiger partial charge in [-0.25, -0.2) is 0 Å². The highest BCUT2D eigenvalue weighted by Crippen LogP contribution is 2.30. The van der Waals surface area contributed by atoms with Gasteiger partial charge >= 0.3 is 0 Å². The zero-order valence-corrected chi connectivity index (χ0v) is 15.0. The SMILES string of the molecule is CN(Cc1cc(Br)cs1)C(=O)[C@H]1CNC[C@@H]1c1cnn(C)c1. The summed E-state index contributed by atoms with van der Waals surface area (Å²) in [7, 11) is 3.79. The molecule has 1 aliphatic heterocycles. The van der Waals surface area contributed by atoms with Crippen molar-refractivity contribution in [3.05, 3.63) is 38.8 Å². The highest BCUT2D eigenvalue weighted by atomic mass is 79.9. The van der Waals surface area contributed by atoms with Crippen molar-refractivity contribution in [1.82, 2.24) is 20.0 Å². The van der Waals surface area contributed by atoms with Crippen LogP contribution in [0.25, 0.3) is 0 Å². The number of aromatic nitrogens is 2. The Morgan fingerprint density at radius 3 is 3.05 bits per heavy atom. The van der Waals surface area contributed by atoms with Gasteiger partial charge in [-0.05, 0) is 27.6 Å². The van der Waals surface area contributed by atoms with E-state index >= 15 is 0 Å². The zero-order chi connectivity index (χ0) is 15.7. The van der Waals surface area contributed by atoms with Crippen molar-refractivity contribution in [2.45, 2.75) is 12.5 Å². The third kappa shape index (κ3) is 3.26. The third-order valence-corrected chi connectivity index (χ3v) is 5.76. The summed E-state index contributed by atoms with van der Waals surface area (Å²) >= 11 is 5.12. The molecule has 1 amide bonds. The molecule has 1 saturated heterocycles. The molecule has 5 nitrogen and oxygen atoms in total. The Bertz CT molecular complexity index is 668. The summed E-state index contributed by atoms with van der Waals surface area (Å²) in [5, 5.41) is 9.62. The first kappa shape index (κ1) is 15.7. The second-order valence-electron chi connectivity index (χ2n) is 5.74. The van der Waals surface area contributed by atoms with E-state index in [1.807, 2.05) is 36.8 Å². The first-order valence-electron chi connectivity index (χ1n) is 7.21. The lowest BCUT2D eigenvalue weighted by Gasteiger charge is -2.23. The van der Waals surface area contributed by atoms with Crippen LogP contribution < -0.4 is 5.32 Å². The van der Waals surface area contributed by atoms with Crippen LogP contribution in [0.15, 0.2) is 28.3 Å². The maximum absolute atomic E-state index is 12.8. The van der Waals surface area contributed by atoms with Gasteiger partial charge in [-0.15, -0.1) is 11.3 Å². The number of amides is 1. The van der Waals surface area contributed by atoms with Crippen molar-refractivity contribution in [2.75, 3.05) is 20.1 Å². The van der Waals surface area contributed by atoms with E-state index in [9.17, 15) is 4.79 Å². The minimum atomic E-state index is -0.0161. The normalized spacial score (nSPS) is 21.2. The van der Waals surface area contributed by atoms with Crippen molar-refractivity contribution in [2.24, 2.45) is 13.0 Å². The van der Waals surface area contributed by atoms with Crippen LogP contribution in [0.2, 0.25) is 0 Å². The van der Waals surface area contributed by atoms with Crippen LogP contribution in [0, 0.1) is 5.92 Å². The van der Waals surface area contributed by atoms with Gasteiger partial charge in [-0.2, -0.15) is 5.10 Å². The fourth-order valence-corrected chi connectivity index (χ4v) is 4.45. The molecule has 1 aliphatic rings. The van der Waals surface area contributed by atoms with E-state index in [4.69, 9.17) is 0 Å². The molecule has 3 heterocycles. The Labute approximate surface area is 142 Å². The number of thiophene rings is 1. The summed E-state index contributed by atoms with van der Waals surface area (Å²) < 4.78 is 2.87. The minimum Gasteiger partial charge on any atom is -0.340 e. The summed E-state index contributed by atoms with van der Waals surface area (Å²) in [5.41, 5.74) is 1.14. The molecular formula is C15H19BrN4OS. The van der Waals surface area contributed by atoms with Crippen LogP contribution in [0.1, 0.15) is 16.4 Å². The smallest absolute Gasteiger partial charge is 0.227 e. The van der Waals surface area contributed by atoms with Gasteiger partial charge < -0.3 is 10.2 Å². The van der Waals surface area contributed by atoms with Gasteiger partial charge in [0, 0.05) is 54.0 Å². The number of nitrogens with one attached hydrogen (secondary N) is 1. The molecule has 118 valence electrons. The number of rotatable bonds is 4. The fourth-order valence-electron chi connectivity index (χ4n) is 2.95. The Morgan fingerprint density at radius 1 is 1.59 bits per heavy atom. The predicted octanol–water partition coefficient (Wildman–Crippen LogP) is 2.21. The van der Waals surface area contributed by atoms with E-state index in [2.05, 4.69) is 32.4 Å².